The molecule has 0 amide bonds. The van der Waals surface area contributed by atoms with E-state index in [4.69, 9.17) is 0 Å². The molecule has 8 aromatic rings. The molecule has 2 heteroatoms. The van der Waals surface area contributed by atoms with Crippen molar-refractivity contribution in [2.24, 2.45) is 23.7 Å². The molecule has 0 unspecified atom stereocenters. The van der Waals surface area contributed by atoms with Gasteiger partial charge >= 0.3 is 0 Å². The van der Waals surface area contributed by atoms with E-state index in [2.05, 4.69) is 167 Å². The number of anilines is 3. The van der Waals surface area contributed by atoms with Crippen molar-refractivity contribution >= 4 is 49.6 Å². The van der Waals surface area contributed by atoms with E-state index in [1.54, 1.807) is 11.1 Å². The van der Waals surface area contributed by atoms with Gasteiger partial charge in [-0.15, -0.1) is 0 Å². The minimum Gasteiger partial charge on any atom is -0.310 e. The highest BCUT2D eigenvalue weighted by Gasteiger charge is 2.61. The Bertz CT molecular complexity index is 2640. The van der Waals surface area contributed by atoms with Crippen LogP contribution in [0, 0.1) is 23.7 Å². The van der Waals surface area contributed by atoms with Crippen LogP contribution in [0.25, 0.3) is 49.4 Å². The highest BCUT2D eigenvalue weighted by molar-refractivity contribution is 6.09. The quantitative estimate of drug-likeness (QED) is 0.181. The minimum atomic E-state index is 0.165. The maximum absolute atomic E-state index is 2.56. The number of rotatable bonds is 4. The van der Waals surface area contributed by atoms with Crippen molar-refractivity contribution in [3.8, 4) is 16.8 Å². The third-order valence-electron chi connectivity index (χ3n) is 13.7. The van der Waals surface area contributed by atoms with E-state index in [0.717, 1.165) is 29.4 Å². The maximum atomic E-state index is 2.56. The first-order valence-electron chi connectivity index (χ1n) is 19.4. The van der Waals surface area contributed by atoms with Gasteiger partial charge in [0.25, 0.3) is 0 Å². The van der Waals surface area contributed by atoms with Crippen LogP contribution in [0.4, 0.5) is 17.1 Å². The molecule has 7 aromatic carbocycles. The lowest BCUT2D eigenvalue weighted by Gasteiger charge is -2.61. The fraction of sp³-hybridized carbons (Fsp3) is 0.200. The molecule has 1 spiro atoms. The molecule has 5 aliphatic carbocycles. The SMILES string of the molecule is c1cc(N(c2ccc3c(c2)-c2ccccc2C32C3CC4CC(C3)CC2C4)c2cccc3ccccc23)cc(-n2c3ccccc3c3ccccc32)c1. The van der Waals surface area contributed by atoms with Crippen LogP contribution in [-0.2, 0) is 5.41 Å². The first-order chi connectivity index (χ1) is 25.8. The number of nitrogens with zero attached hydrogens (tertiary/aromatic N) is 2. The fourth-order valence-electron chi connectivity index (χ4n) is 12.1. The van der Waals surface area contributed by atoms with Gasteiger partial charge in [0.1, 0.15) is 0 Å². The Balaban J connectivity index is 1.09. The molecule has 0 saturated heterocycles. The van der Waals surface area contributed by atoms with Crippen LogP contribution in [0.15, 0.2) is 158 Å². The van der Waals surface area contributed by atoms with Crippen molar-refractivity contribution in [3.63, 3.8) is 0 Å². The summed E-state index contributed by atoms with van der Waals surface area (Å²) in [7, 11) is 0. The lowest BCUT2D eigenvalue weighted by molar-refractivity contribution is -0.0399. The summed E-state index contributed by atoms with van der Waals surface area (Å²) in [5.41, 5.74) is 13.5. The summed E-state index contributed by atoms with van der Waals surface area (Å²) < 4.78 is 2.44. The van der Waals surface area contributed by atoms with Gasteiger partial charge in [0.2, 0.25) is 0 Å². The summed E-state index contributed by atoms with van der Waals surface area (Å²) in [5, 5.41) is 5.07. The van der Waals surface area contributed by atoms with Gasteiger partial charge in [0.05, 0.1) is 16.7 Å². The topological polar surface area (TPSA) is 8.17 Å². The third-order valence-corrected chi connectivity index (χ3v) is 13.7. The van der Waals surface area contributed by atoms with Crippen molar-refractivity contribution in [2.75, 3.05) is 4.90 Å². The molecule has 5 aliphatic rings. The highest BCUT2D eigenvalue weighted by atomic mass is 15.1. The van der Waals surface area contributed by atoms with E-state index >= 15 is 0 Å². The Hall–Kier alpha value is -5.60. The molecule has 1 heterocycles. The fourth-order valence-corrected chi connectivity index (χ4v) is 12.1. The van der Waals surface area contributed by atoms with Gasteiger partial charge in [-0.1, -0.05) is 109 Å². The van der Waals surface area contributed by atoms with Crippen molar-refractivity contribution in [3.05, 3.63) is 169 Å². The van der Waals surface area contributed by atoms with Gasteiger partial charge in [-0.3, -0.25) is 0 Å². The molecule has 0 atom stereocenters. The number of para-hydroxylation sites is 2. The molecule has 1 aromatic heterocycles. The zero-order chi connectivity index (χ0) is 34.0. The molecule has 4 fully saturated rings. The summed E-state index contributed by atoms with van der Waals surface area (Å²) in [6, 6.07) is 59.4. The van der Waals surface area contributed by atoms with Crippen molar-refractivity contribution in [2.45, 2.75) is 37.5 Å². The summed E-state index contributed by atoms with van der Waals surface area (Å²) in [6.45, 7) is 0. The number of fused-ring (bicyclic) bond motifs is 7. The number of aromatic nitrogens is 1. The van der Waals surface area contributed by atoms with Crippen LogP contribution in [0.2, 0.25) is 0 Å². The van der Waals surface area contributed by atoms with Gasteiger partial charge in [-0.25, -0.2) is 0 Å². The smallest absolute Gasteiger partial charge is 0.0541 e. The minimum absolute atomic E-state index is 0.165. The van der Waals surface area contributed by atoms with E-state index < -0.39 is 0 Å². The Morgan fingerprint density at radius 2 is 1.06 bits per heavy atom. The van der Waals surface area contributed by atoms with E-state index in [-0.39, 0.29) is 5.41 Å². The largest absolute Gasteiger partial charge is 0.310 e. The van der Waals surface area contributed by atoms with Gasteiger partial charge in [0, 0.05) is 38.6 Å². The highest BCUT2D eigenvalue weighted by Crippen LogP contribution is 2.69. The first-order valence-corrected chi connectivity index (χ1v) is 19.4. The zero-order valence-electron chi connectivity index (χ0n) is 29.3. The Labute approximate surface area is 305 Å². The Kier molecular flexibility index (Phi) is 5.98. The predicted octanol–water partition coefficient (Wildman–Crippen LogP) is 13.1. The van der Waals surface area contributed by atoms with Crippen LogP contribution in [0.5, 0.6) is 0 Å². The molecule has 52 heavy (non-hydrogen) atoms. The predicted molar refractivity (Wildman–Crippen MR) is 216 cm³/mol. The molecule has 4 saturated carbocycles. The van der Waals surface area contributed by atoms with Crippen molar-refractivity contribution in [1.82, 2.24) is 4.57 Å². The van der Waals surface area contributed by atoms with Gasteiger partial charge in [-0.2, -0.15) is 0 Å². The average molecular weight is 669 g/mol. The van der Waals surface area contributed by atoms with Crippen LogP contribution in [0.3, 0.4) is 0 Å². The van der Waals surface area contributed by atoms with Crippen molar-refractivity contribution < 1.29 is 0 Å². The van der Waals surface area contributed by atoms with E-state index in [0.29, 0.717) is 0 Å². The Morgan fingerprint density at radius 3 is 1.83 bits per heavy atom. The molecule has 13 rings (SSSR count). The second-order valence-electron chi connectivity index (χ2n) is 16.2. The molecular weight excluding hydrogens is 629 g/mol. The van der Waals surface area contributed by atoms with Gasteiger partial charge in [0.15, 0.2) is 0 Å². The number of hydrogen-bond donors (Lipinski definition) is 0. The average Bonchev–Trinajstić information content (AvgIpc) is 3.68. The van der Waals surface area contributed by atoms with E-state index in [1.165, 1.54) is 92.9 Å². The number of benzene rings is 7. The summed E-state index contributed by atoms with van der Waals surface area (Å²) >= 11 is 0. The second kappa shape index (κ2) is 10.7. The maximum Gasteiger partial charge on any atom is 0.0541 e. The molecule has 0 aliphatic heterocycles. The summed E-state index contributed by atoms with van der Waals surface area (Å²) in [4.78, 5) is 2.52. The normalized spacial score (nSPS) is 23.8. The van der Waals surface area contributed by atoms with Gasteiger partial charge in [-0.05, 0) is 132 Å². The van der Waals surface area contributed by atoms with E-state index in [9.17, 15) is 0 Å². The molecule has 4 bridgehead atoms. The molecule has 2 nitrogen and oxygen atoms in total. The number of hydrogen-bond acceptors (Lipinski definition) is 1. The lowest BCUT2D eigenvalue weighted by atomic mass is 9.43. The van der Waals surface area contributed by atoms with Crippen LogP contribution in [0.1, 0.15) is 43.2 Å². The van der Waals surface area contributed by atoms with E-state index in [1.807, 2.05) is 0 Å². The van der Waals surface area contributed by atoms with Crippen LogP contribution in [-0.4, -0.2) is 4.57 Å². The molecule has 0 N–H and O–H groups in total. The van der Waals surface area contributed by atoms with Crippen LogP contribution >= 0.6 is 0 Å². The van der Waals surface area contributed by atoms with Crippen molar-refractivity contribution in [1.29, 1.82) is 0 Å². The lowest BCUT2D eigenvalue weighted by Crippen LogP contribution is -2.55. The second-order valence-corrected chi connectivity index (χ2v) is 16.2. The third kappa shape index (κ3) is 3.85. The first kappa shape index (κ1) is 29.0. The molecular formula is C50H40N2. The zero-order valence-corrected chi connectivity index (χ0v) is 29.3. The Morgan fingerprint density at radius 1 is 0.462 bits per heavy atom. The molecule has 0 radical (unpaired) electrons. The van der Waals surface area contributed by atoms with Gasteiger partial charge < -0.3 is 9.47 Å². The monoisotopic (exact) mass is 668 g/mol. The standard InChI is InChI=1S/C50H40N2/c1-2-15-40-34(11-1)12-9-22-47(40)51(37-13-10-14-38(30-37)52-48-20-7-4-17-42(48)43-18-5-8-21-49(43)52)39-23-24-46-44(31-39)41-16-3-6-19-45(41)50(46)35-26-32-25-33(28-35)29-36(50)27-32/h1-24,30-33,35-36H,25-29H2. The summed E-state index contributed by atoms with van der Waals surface area (Å²) in [6.07, 6.45) is 7.09. The van der Waals surface area contributed by atoms with Crippen LogP contribution < -0.4 is 4.90 Å². The summed E-state index contributed by atoms with van der Waals surface area (Å²) in [5.74, 6) is 3.39. The molecule has 250 valence electrons.